The molecule has 3 rings (SSSR count). The highest BCUT2D eigenvalue weighted by Crippen LogP contribution is 2.25. The molecule has 0 unspecified atom stereocenters. The van der Waals surface area contributed by atoms with Gasteiger partial charge in [0.05, 0.1) is 10.6 Å². The van der Waals surface area contributed by atoms with Gasteiger partial charge in [0.1, 0.15) is 6.04 Å². The molecule has 21 heavy (non-hydrogen) atoms. The van der Waals surface area contributed by atoms with Crippen LogP contribution in [0.15, 0.2) is 35.2 Å². The Morgan fingerprint density at radius 2 is 2.00 bits per heavy atom. The molecule has 7 heteroatoms. The minimum atomic E-state index is -3.46. The number of rotatable bonds is 4. The first-order valence-electron chi connectivity index (χ1n) is 6.85. The highest BCUT2D eigenvalue weighted by atomic mass is 32.2. The summed E-state index contributed by atoms with van der Waals surface area (Å²) in [6, 6.07) is 7.69. The van der Waals surface area contributed by atoms with Gasteiger partial charge in [-0.3, -0.25) is 9.59 Å². The predicted molar refractivity (Wildman–Crippen MR) is 75.2 cm³/mol. The summed E-state index contributed by atoms with van der Waals surface area (Å²) in [4.78, 5) is 25.4. The van der Waals surface area contributed by atoms with Crippen LogP contribution >= 0.6 is 0 Å². The fraction of sp³-hybridized carbons (Fsp3) is 0.429. The van der Waals surface area contributed by atoms with E-state index in [1.807, 2.05) is 0 Å². The number of carbonyl (C=O) groups is 2. The molecule has 0 saturated carbocycles. The van der Waals surface area contributed by atoms with Crippen molar-refractivity contribution >= 4 is 21.7 Å². The third-order valence-electron chi connectivity index (χ3n) is 3.96. The van der Waals surface area contributed by atoms with Crippen molar-refractivity contribution < 1.29 is 18.0 Å². The lowest BCUT2D eigenvalue weighted by molar-refractivity contribution is -0.139. The molecule has 112 valence electrons. The van der Waals surface area contributed by atoms with E-state index in [9.17, 15) is 18.0 Å². The molecule has 0 aliphatic carbocycles. The van der Waals surface area contributed by atoms with Gasteiger partial charge in [-0.15, -0.1) is 0 Å². The number of benzene rings is 1. The lowest BCUT2D eigenvalue weighted by Gasteiger charge is -2.26. The number of hydrogen-bond donors (Lipinski definition) is 1. The van der Waals surface area contributed by atoms with Crippen LogP contribution in [0.2, 0.25) is 0 Å². The van der Waals surface area contributed by atoms with Crippen LogP contribution in [0.4, 0.5) is 0 Å². The van der Waals surface area contributed by atoms with Crippen molar-refractivity contribution in [1.82, 2.24) is 10.2 Å². The van der Waals surface area contributed by atoms with Crippen molar-refractivity contribution in [3.05, 3.63) is 30.3 Å². The van der Waals surface area contributed by atoms with Crippen LogP contribution in [0.3, 0.4) is 0 Å². The molecule has 1 aromatic carbocycles. The summed E-state index contributed by atoms with van der Waals surface area (Å²) in [6.45, 7) is 0.487. The number of likely N-dealkylation sites (tertiary alicyclic amines) is 1. The summed E-state index contributed by atoms with van der Waals surface area (Å²) in [7, 11) is -3.46. The number of amides is 2. The molecule has 2 atom stereocenters. The maximum atomic E-state index is 12.1. The van der Waals surface area contributed by atoms with Gasteiger partial charge >= 0.3 is 0 Å². The molecule has 2 aliphatic heterocycles. The van der Waals surface area contributed by atoms with Gasteiger partial charge in [-0.05, 0) is 18.6 Å². The average molecular weight is 308 g/mol. The third-order valence-corrected chi connectivity index (χ3v) is 5.69. The molecule has 1 N–H and O–H groups in total. The average Bonchev–Trinajstić information content (AvgIpc) is 3.05. The molecular formula is C14H16N2O4S. The van der Waals surface area contributed by atoms with Crippen LogP contribution in [0.5, 0.6) is 0 Å². The standard InChI is InChI=1S/C14H16N2O4S/c17-13(16-9-10-8-12(16)14(18)15-10)6-7-21(19,20)11-4-2-1-3-5-11/h1-5,10,12H,6-9H2,(H,15,18)/t10-,12-/m0/s1. The molecule has 0 spiro atoms. The second kappa shape index (κ2) is 5.14. The van der Waals surface area contributed by atoms with Gasteiger partial charge < -0.3 is 10.2 Å². The minimum absolute atomic E-state index is 0.0252. The topological polar surface area (TPSA) is 83.6 Å². The number of piperazine rings is 1. The van der Waals surface area contributed by atoms with Crippen LogP contribution in [-0.4, -0.2) is 49.5 Å². The molecular weight excluding hydrogens is 292 g/mol. The van der Waals surface area contributed by atoms with Gasteiger partial charge in [0.25, 0.3) is 0 Å². The molecule has 2 amide bonds. The van der Waals surface area contributed by atoms with E-state index in [1.54, 1.807) is 18.2 Å². The Hall–Kier alpha value is -1.89. The molecule has 2 aliphatic rings. The van der Waals surface area contributed by atoms with Gasteiger partial charge in [-0.2, -0.15) is 0 Å². The van der Waals surface area contributed by atoms with E-state index < -0.39 is 15.9 Å². The van der Waals surface area contributed by atoms with Crippen LogP contribution in [0, 0.1) is 0 Å². The second-order valence-electron chi connectivity index (χ2n) is 5.39. The number of carbonyl (C=O) groups excluding carboxylic acids is 2. The van der Waals surface area contributed by atoms with Crippen molar-refractivity contribution in [3.63, 3.8) is 0 Å². The minimum Gasteiger partial charge on any atom is -0.350 e. The third kappa shape index (κ3) is 2.65. The smallest absolute Gasteiger partial charge is 0.243 e. The molecule has 6 nitrogen and oxygen atoms in total. The Kier molecular flexibility index (Phi) is 3.44. The fourth-order valence-electron chi connectivity index (χ4n) is 2.87. The van der Waals surface area contributed by atoms with Gasteiger partial charge in [0, 0.05) is 19.0 Å². The molecule has 2 bridgehead atoms. The Morgan fingerprint density at radius 1 is 1.29 bits per heavy atom. The first-order chi connectivity index (χ1) is 9.97. The number of fused-ring (bicyclic) bond motifs is 2. The second-order valence-corrected chi connectivity index (χ2v) is 7.49. The Morgan fingerprint density at radius 3 is 2.62 bits per heavy atom. The number of nitrogens with one attached hydrogen (secondary N) is 1. The summed E-state index contributed by atoms with van der Waals surface area (Å²) < 4.78 is 24.3. The van der Waals surface area contributed by atoms with Crippen molar-refractivity contribution in [2.24, 2.45) is 0 Å². The SMILES string of the molecule is O=C1N[C@H]2C[C@@H]1N(C(=O)CCS(=O)(=O)c1ccccc1)C2. The van der Waals surface area contributed by atoms with Gasteiger partial charge in [-0.25, -0.2) is 8.42 Å². The highest BCUT2D eigenvalue weighted by Gasteiger charge is 2.45. The zero-order valence-corrected chi connectivity index (χ0v) is 12.2. The quantitative estimate of drug-likeness (QED) is 0.845. The number of hydrogen-bond acceptors (Lipinski definition) is 4. The van der Waals surface area contributed by atoms with Crippen LogP contribution in [0.25, 0.3) is 0 Å². The molecule has 1 aromatic rings. The van der Waals surface area contributed by atoms with Crippen molar-refractivity contribution in [2.45, 2.75) is 29.8 Å². The van der Waals surface area contributed by atoms with Crippen LogP contribution in [-0.2, 0) is 19.4 Å². The largest absolute Gasteiger partial charge is 0.350 e. The van der Waals surface area contributed by atoms with E-state index in [0.29, 0.717) is 13.0 Å². The monoisotopic (exact) mass is 308 g/mol. The fourth-order valence-corrected chi connectivity index (χ4v) is 4.12. The lowest BCUT2D eigenvalue weighted by atomic mass is 10.2. The normalized spacial score (nSPS) is 24.2. The maximum absolute atomic E-state index is 12.1. The summed E-state index contributed by atoms with van der Waals surface area (Å²) in [5, 5.41) is 2.79. The zero-order chi connectivity index (χ0) is 15.0. The lowest BCUT2D eigenvalue weighted by Crippen LogP contribution is -2.50. The van der Waals surface area contributed by atoms with Gasteiger partial charge in [0.15, 0.2) is 9.84 Å². The molecule has 2 fully saturated rings. The highest BCUT2D eigenvalue weighted by molar-refractivity contribution is 7.91. The van der Waals surface area contributed by atoms with E-state index in [0.717, 1.165) is 0 Å². The summed E-state index contributed by atoms with van der Waals surface area (Å²) in [5.41, 5.74) is 0. The first-order valence-corrected chi connectivity index (χ1v) is 8.50. The first kappa shape index (κ1) is 14.1. The Balaban J connectivity index is 1.63. The zero-order valence-electron chi connectivity index (χ0n) is 11.4. The summed E-state index contributed by atoms with van der Waals surface area (Å²) >= 11 is 0. The predicted octanol–water partition coefficient (Wildman–Crippen LogP) is -0.0503. The molecule has 0 radical (unpaired) electrons. The Bertz CT molecular complexity index is 671. The van der Waals surface area contributed by atoms with Crippen LogP contribution in [0.1, 0.15) is 12.8 Å². The number of nitrogens with zero attached hydrogens (tertiary/aromatic N) is 1. The molecule has 0 aromatic heterocycles. The molecule has 2 heterocycles. The van der Waals surface area contributed by atoms with Crippen molar-refractivity contribution in [1.29, 1.82) is 0 Å². The van der Waals surface area contributed by atoms with E-state index in [-0.39, 0.29) is 34.9 Å². The van der Waals surface area contributed by atoms with Gasteiger partial charge in [-0.1, -0.05) is 18.2 Å². The maximum Gasteiger partial charge on any atom is 0.243 e. The summed E-state index contributed by atoms with van der Waals surface area (Å²) in [6.07, 6.45) is 0.545. The van der Waals surface area contributed by atoms with E-state index in [4.69, 9.17) is 0 Å². The van der Waals surface area contributed by atoms with Crippen molar-refractivity contribution in [2.75, 3.05) is 12.3 Å². The molecule has 2 saturated heterocycles. The van der Waals surface area contributed by atoms with Gasteiger partial charge in [0.2, 0.25) is 11.8 Å². The van der Waals surface area contributed by atoms with E-state index in [1.165, 1.54) is 17.0 Å². The Labute approximate surface area is 123 Å². The van der Waals surface area contributed by atoms with Crippen molar-refractivity contribution in [3.8, 4) is 0 Å². The summed E-state index contributed by atoms with van der Waals surface area (Å²) in [5.74, 6) is -0.631. The van der Waals surface area contributed by atoms with E-state index >= 15 is 0 Å². The van der Waals surface area contributed by atoms with Crippen LogP contribution < -0.4 is 5.32 Å². The number of sulfone groups is 1. The van der Waals surface area contributed by atoms with E-state index in [2.05, 4.69) is 5.32 Å².